The molecule has 2 rings (SSSR count). The van der Waals surface area contributed by atoms with Crippen molar-refractivity contribution < 1.29 is 102 Å². The Morgan fingerprint density at radius 3 is 1.75 bits per heavy atom. The van der Waals surface area contributed by atoms with E-state index in [9.17, 15) is 78.3 Å². The first-order valence-corrected chi connectivity index (χ1v) is 23.8. The largest absolute Gasteiger partial charge is 0.480 e. The number of carboxylic acids is 1. The molecule has 19 N–H and O–H groups in total. The van der Waals surface area contributed by atoms with Crippen molar-refractivity contribution in [2.75, 3.05) is 32.8 Å². The van der Waals surface area contributed by atoms with E-state index in [2.05, 4.69) is 47.9 Å². The van der Waals surface area contributed by atoms with Gasteiger partial charge in [-0.2, -0.15) is 0 Å². The van der Waals surface area contributed by atoms with Crippen molar-refractivity contribution in [2.24, 2.45) is 11.5 Å². The summed E-state index contributed by atoms with van der Waals surface area (Å²) < 4.78 is 23.2. The molecule has 0 aromatic carbocycles. The van der Waals surface area contributed by atoms with Crippen LogP contribution < -0.4 is 59.3 Å². The highest BCUT2D eigenvalue weighted by Gasteiger charge is 2.53. The first-order chi connectivity index (χ1) is 35.1. The summed E-state index contributed by atoms with van der Waals surface area (Å²) >= 11 is 0. The van der Waals surface area contributed by atoms with Gasteiger partial charge in [-0.25, -0.2) is 0 Å². The molecular formula is C43H73N11O21. The zero-order chi connectivity index (χ0) is 56.9. The fraction of sp³-hybridized carbons (Fsp3) is 0.744. The van der Waals surface area contributed by atoms with E-state index in [0.29, 0.717) is 0 Å². The van der Waals surface area contributed by atoms with E-state index in [1.54, 1.807) is 0 Å². The Labute approximate surface area is 430 Å². The van der Waals surface area contributed by atoms with Crippen LogP contribution in [0.15, 0.2) is 0 Å². The summed E-state index contributed by atoms with van der Waals surface area (Å²) in [5.41, 5.74) is 10.7. The summed E-state index contributed by atoms with van der Waals surface area (Å²) in [7, 11) is 0. The number of aliphatic carboxylic acids is 1. The molecule has 16 atom stereocenters. The summed E-state index contributed by atoms with van der Waals surface area (Å²) in [6, 6.07) is -9.95. The van der Waals surface area contributed by atoms with Gasteiger partial charge in [-0.1, -0.05) is 0 Å². The molecule has 0 saturated carbocycles. The predicted octanol–water partition coefficient (Wildman–Crippen LogP) is -9.50. The van der Waals surface area contributed by atoms with Gasteiger partial charge in [0, 0.05) is 26.8 Å². The third-order valence-electron chi connectivity index (χ3n) is 11.6. The van der Waals surface area contributed by atoms with Crippen LogP contribution in [0.3, 0.4) is 0 Å². The molecule has 2 saturated heterocycles. The molecule has 0 spiro atoms. The van der Waals surface area contributed by atoms with Gasteiger partial charge in [-0.3, -0.25) is 52.7 Å². The molecule has 2 aliphatic rings. The number of hydrogen-bond acceptors (Lipinski definition) is 21. The van der Waals surface area contributed by atoms with Crippen molar-refractivity contribution in [1.82, 2.24) is 47.9 Å². The van der Waals surface area contributed by atoms with Crippen LogP contribution in [0.5, 0.6) is 0 Å². The Kier molecular flexibility index (Phi) is 27.3. The second-order valence-electron chi connectivity index (χ2n) is 17.7. The molecule has 75 heavy (non-hydrogen) atoms. The standard InChI is InChI=1S/C43H73N11O21/c1-17(37(65)50-19(3)41(69)70)49-40(68)24(9-7-8-12-46-29(61)14-47-28(60)13-44)53-27(59)11-10-23(36(45)64)54-38(66)18(2)48-39(67)20(4)72-35-31(52-22(6)58)42(71)73-26(16-56)34(35)75-43-30(51-21(5)57)33(63)32(62)25(15-55)74-43/h17-20,23-26,30-35,42-43,55-56,62-63,71H,7-16,44H2,1-6H3,(H2,45,64)(H,46,61)(H,47,60)(H,48,67)(H,49,68)(H,50,65)(H,51,57)(H,52,58)(H,53,59)(H,54,66)(H,69,70). The molecule has 0 radical (unpaired) electrons. The first kappa shape index (κ1) is 64.9. The van der Waals surface area contributed by atoms with Crippen molar-refractivity contribution in [3.05, 3.63) is 0 Å². The Bertz CT molecular complexity index is 2000. The number of nitrogens with two attached hydrogens (primary N) is 2. The van der Waals surface area contributed by atoms with Gasteiger partial charge in [0.15, 0.2) is 12.6 Å². The van der Waals surface area contributed by atoms with Crippen LogP contribution in [0.4, 0.5) is 0 Å². The minimum atomic E-state index is -1.91. The molecule has 0 aromatic rings. The second-order valence-corrected chi connectivity index (χ2v) is 17.7. The quantitative estimate of drug-likeness (QED) is 0.0297. The van der Waals surface area contributed by atoms with Crippen LogP contribution in [0, 0.1) is 0 Å². The summed E-state index contributed by atoms with van der Waals surface area (Å²) in [5.74, 6) is -9.50. The van der Waals surface area contributed by atoms with Gasteiger partial charge < -0.3 is 109 Å². The van der Waals surface area contributed by atoms with Gasteiger partial charge in [0.25, 0.3) is 0 Å². The van der Waals surface area contributed by atoms with E-state index in [-0.39, 0.29) is 38.9 Å². The van der Waals surface area contributed by atoms with Gasteiger partial charge in [0.2, 0.25) is 59.1 Å². The maximum atomic E-state index is 13.6. The van der Waals surface area contributed by atoms with E-state index >= 15 is 0 Å². The summed E-state index contributed by atoms with van der Waals surface area (Å²) in [6.07, 6.45) is -15.5. The zero-order valence-corrected chi connectivity index (χ0v) is 42.3. The van der Waals surface area contributed by atoms with Crippen molar-refractivity contribution in [2.45, 2.75) is 171 Å². The SMILES string of the molecule is CC(=O)NC1C(OC2C(CO)OC(O)C(NC(C)=O)C2OC(C)C(=O)NC(C)C(=O)NC(CCC(=O)NC(CCCCNC(=O)CNC(=O)CN)C(=O)NC(C)C(=O)NC(C)C(=O)O)C(N)=O)OC(CO)C(O)C1O. The lowest BCUT2D eigenvalue weighted by Gasteiger charge is -2.48. The number of hydrogen-bond donors (Lipinski definition) is 17. The minimum absolute atomic E-state index is 0.0561. The van der Waals surface area contributed by atoms with Gasteiger partial charge in [-0.15, -0.1) is 0 Å². The molecule has 2 fully saturated rings. The fourth-order valence-corrected chi connectivity index (χ4v) is 7.40. The maximum Gasteiger partial charge on any atom is 0.325 e. The monoisotopic (exact) mass is 1080 g/mol. The normalized spacial score (nSPS) is 25.7. The first-order valence-electron chi connectivity index (χ1n) is 23.8. The van der Waals surface area contributed by atoms with Crippen LogP contribution in [0.2, 0.25) is 0 Å². The smallest absolute Gasteiger partial charge is 0.325 e. The molecule has 10 amide bonds. The Balaban J connectivity index is 2.19. The maximum absolute atomic E-state index is 13.6. The Morgan fingerprint density at radius 2 is 1.19 bits per heavy atom. The number of unbranched alkanes of at least 4 members (excludes halogenated alkanes) is 1. The number of ether oxygens (including phenoxy) is 4. The predicted molar refractivity (Wildman–Crippen MR) is 252 cm³/mol. The lowest BCUT2D eigenvalue weighted by atomic mass is 9.94. The van der Waals surface area contributed by atoms with E-state index < -0.39 is 189 Å². The van der Waals surface area contributed by atoms with Gasteiger partial charge >= 0.3 is 5.97 Å². The van der Waals surface area contributed by atoms with E-state index in [1.807, 2.05) is 0 Å². The molecule has 16 unspecified atom stereocenters. The van der Waals surface area contributed by atoms with E-state index in [0.717, 1.165) is 13.8 Å². The molecule has 2 aliphatic heterocycles. The topological polar surface area (TPSA) is 506 Å². The Morgan fingerprint density at radius 1 is 0.613 bits per heavy atom. The average molecular weight is 1080 g/mol. The van der Waals surface area contributed by atoms with Gasteiger partial charge in [0.05, 0.1) is 26.3 Å². The molecule has 0 aromatic heterocycles. The summed E-state index contributed by atoms with van der Waals surface area (Å²) in [4.78, 5) is 138. The number of aliphatic hydroxyl groups excluding tert-OH is 5. The lowest BCUT2D eigenvalue weighted by molar-refractivity contribution is -0.333. The molecule has 0 aliphatic carbocycles. The second kappa shape index (κ2) is 31.6. The third kappa shape index (κ3) is 21.1. The third-order valence-corrected chi connectivity index (χ3v) is 11.6. The van der Waals surface area contributed by atoms with E-state index in [4.69, 9.17) is 35.5 Å². The highest BCUT2D eigenvalue weighted by molar-refractivity contribution is 5.94. The number of amides is 10. The number of nitrogens with one attached hydrogen (secondary N) is 9. The number of carbonyl (C=O) groups is 11. The van der Waals surface area contributed by atoms with Crippen molar-refractivity contribution in [3.63, 3.8) is 0 Å². The molecule has 32 heteroatoms. The number of aliphatic hydroxyl groups is 5. The van der Waals surface area contributed by atoms with Crippen LogP contribution in [0.1, 0.15) is 73.6 Å². The van der Waals surface area contributed by atoms with Crippen molar-refractivity contribution in [1.29, 1.82) is 0 Å². The number of rotatable bonds is 30. The van der Waals surface area contributed by atoms with Crippen molar-refractivity contribution >= 4 is 65.0 Å². The molecule has 0 bridgehead atoms. The average Bonchev–Trinajstić information content (AvgIpc) is 3.34. The summed E-state index contributed by atoms with van der Waals surface area (Å²) in [6.45, 7) is 4.74. The molecule has 426 valence electrons. The highest BCUT2D eigenvalue weighted by Crippen LogP contribution is 2.31. The number of primary amides is 1. The van der Waals surface area contributed by atoms with Crippen LogP contribution in [0.25, 0.3) is 0 Å². The molecule has 32 nitrogen and oxygen atoms in total. The molecular weight excluding hydrogens is 1010 g/mol. The zero-order valence-electron chi connectivity index (χ0n) is 42.3. The van der Waals surface area contributed by atoms with Crippen molar-refractivity contribution in [3.8, 4) is 0 Å². The number of carbonyl (C=O) groups excluding carboxylic acids is 10. The highest BCUT2D eigenvalue weighted by atomic mass is 16.7. The number of carboxylic acid groups (broad SMARTS) is 1. The van der Waals surface area contributed by atoms with Crippen LogP contribution >= 0.6 is 0 Å². The minimum Gasteiger partial charge on any atom is -0.480 e. The summed E-state index contributed by atoms with van der Waals surface area (Å²) in [5, 5.41) is 82.9. The van der Waals surface area contributed by atoms with Crippen LogP contribution in [-0.2, 0) is 71.7 Å². The fourth-order valence-electron chi connectivity index (χ4n) is 7.40. The van der Waals surface area contributed by atoms with Crippen LogP contribution in [-0.4, -0.2) is 226 Å². The van der Waals surface area contributed by atoms with Gasteiger partial charge in [-0.05, 0) is 53.4 Å². The van der Waals surface area contributed by atoms with E-state index in [1.165, 1.54) is 27.7 Å². The molecule has 2 heterocycles. The lowest BCUT2D eigenvalue weighted by Crippen LogP contribution is -2.70. The Hall–Kier alpha value is -6.23. The van der Waals surface area contributed by atoms with Gasteiger partial charge in [0.1, 0.15) is 85.0 Å².